The lowest BCUT2D eigenvalue weighted by Crippen LogP contribution is -2.55. The lowest BCUT2D eigenvalue weighted by atomic mass is 9.95. The van der Waals surface area contributed by atoms with E-state index in [0.717, 1.165) is 12.8 Å². The molecule has 1 aliphatic heterocycles. The van der Waals surface area contributed by atoms with Crippen LogP contribution < -0.4 is 5.32 Å². The van der Waals surface area contributed by atoms with Crippen LogP contribution in [0, 0.1) is 5.92 Å². The lowest BCUT2D eigenvalue weighted by molar-refractivity contribution is -0.233. The van der Waals surface area contributed by atoms with Gasteiger partial charge in [-0.3, -0.25) is 4.79 Å². The van der Waals surface area contributed by atoms with Gasteiger partial charge in [-0.25, -0.2) is 4.98 Å². The first kappa shape index (κ1) is 21.7. The van der Waals surface area contributed by atoms with Gasteiger partial charge >= 0.3 is 0 Å². The molecule has 6 N–H and O–H groups in total. The number of hydrogen-bond donors (Lipinski definition) is 6. The Bertz CT molecular complexity index is 837. The van der Waals surface area contributed by atoms with Gasteiger partial charge in [0.1, 0.15) is 36.3 Å². The summed E-state index contributed by atoms with van der Waals surface area (Å²) in [4.78, 5) is 19.5. The summed E-state index contributed by atoms with van der Waals surface area (Å²) in [5.41, 5.74) is 1.84. The molecule has 0 spiro atoms. The number of aliphatic hydroxyl groups is 4. The van der Waals surface area contributed by atoms with Crippen molar-refractivity contribution in [2.24, 2.45) is 5.92 Å². The zero-order chi connectivity index (χ0) is 21.1. The highest BCUT2D eigenvalue weighted by Gasteiger charge is 2.45. The van der Waals surface area contributed by atoms with Crippen molar-refractivity contribution in [2.45, 2.75) is 63.6 Å². The van der Waals surface area contributed by atoms with Gasteiger partial charge in [0.15, 0.2) is 0 Å². The average molecular weight is 407 g/mol. The number of anilines is 1. The van der Waals surface area contributed by atoms with Crippen molar-refractivity contribution in [3.63, 3.8) is 0 Å². The molecule has 0 radical (unpaired) electrons. The van der Waals surface area contributed by atoms with Gasteiger partial charge in [0.2, 0.25) is 5.91 Å². The molecule has 1 aromatic carbocycles. The van der Waals surface area contributed by atoms with Crippen LogP contribution in [0.5, 0.6) is 0 Å². The van der Waals surface area contributed by atoms with E-state index in [4.69, 9.17) is 4.74 Å². The third-order valence-corrected chi connectivity index (χ3v) is 5.13. The fourth-order valence-electron chi connectivity index (χ4n) is 3.46. The predicted octanol–water partition coefficient (Wildman–Crippen LogP) is 0.843. The van der Waals surface area contributed by atoms with E-state index in [0.29, 0.717) is 29.1 Å². The number of hydrogen-bond acceptors (Lipinski definition) is 7. The van der Waals surface area contributed by atoms with E-state index in [1.54, 1.807) is 18.2 Å². The van der Waals surface area contributed by atoms with E-state index in [9.17, 15) is 25.2 Å². The van der Waals surface area contributed by atoms with Crippen LogP contribution in [0.1, 0.15) is 45.0 Å². The number of nitrogens with one attached hydrogen (secondary N) is 2. The van der Waals surface area contributed by atoms with E-state index in [2.05, 4.69) is 29.1 Å². The van der Waals surface area contributed by atoms with Crippen LogP contribution in [0.4, 0.5) is 5.69 Å². The second kappa shape index (κ2) is 9.19. The molecule has 0 saturated carbocycles. The molecule has 5 atom stereocenters. The SMILES string of the molecule is CC(C)CCCC(=O)Nc1ccc2nc([C@@H]3O[C@H](CO)[C@@H](O)[C@H](O)[C@H]3O)[nH]c2c1. The zero-order valence-corrected chi connectivity index (χ0v) is 16.6. The van der Waals surface area contributed by atoms with Crippen molar-refractivity contribution in [3.05, 3.63) is 24.0 Å². The monoisotopic (exact) mass is 407 g/mol. The number of nitrogens with zero attached hydrogens (tertiary/aromatic N) is 1. The molecule has 1 saturated heterocycles. The van der Waals surface area contributed by atoms with Gasteiger partial charge in [-0.05, 0) is 30.5 Å². The molecule has 3 rings (SSSR count). The van der Waals surface area contributed by atoms with Crippen LogP contribution in [-0.4, -0.2) is 67.3 Å². The molecule has 0 aliphatic carbocycles. The van der Waals surface area contributed by atoms with Gasteiger partial charge in [0.25, 0.3) is 0 Å². The number of benzene rings is 1. The Morgan fingerprint density at radius 2 is 2.00 bits per heavy atom. The number of carbonyl (C=O) groups excluding carboxylic acids is 1. The Hall–Kier alpha value is -2.04. The van der Waals surface area contributed by atoms with Crippen molar-refractivity contribution in [2.75, 3.05) is 11.9 Å². The first-order valence-corrected chi connectivity index (χ1v) is 9.90. The predicted molar refractivity (Wildman–Crippen MR) is 106 cm³/mol. The van der Waals surface area contributed by atoms with Crippen molar-refractivity contribution >= 4 is 22.6 Å². The molecule has 1 fully saturated rings. The number of H-pyrrole nitrogens is 1. The molecule has 29 heavy (non-hydrogen) atoms. The van der Waals surface area contributed by atoms with Crippen LogP contribution in [0.15, 0.2) is 18.2 Å². The van der Waals surface area contributed by atoms with Gasteiger partial charge in [-0.1, -0.05) is 20.3 Å². The summed E-state index contributed by atoms with van der Waals surface area (Å²) in [6.07, 6.45) is -4.07. The minimum absolute atomic E-state index is 0.0568. The third-order valence-electron chi connectivity index (χ3n) is 5.13. The third kappa shape index (κ3) is 4.93. The molecule has 2 aromatic rings. The molecular formula is C20H29N3O6. The van der Waals surface area contributed by atoms with Crippen LogP contribution >= 0.6 is 0 Å². The Kier molecular flexibility index (Phi) is 6.86. The quantitative estimate of drug-likeness (QED) is 0.398. The summed E-state index contributed by atoms with van der Waals surface area (Å²) < 4.78 is 5.53. The van der Waals surface area contributed by atoms with Crippen LogP contribution in [-0.2, 0) is 9.53 Å². The highest BCUT2D eigenvalue weighted by atomic mass is 16.5. The van der Waals surface area contributed by atoms with Crippen molar-refractivity contribution in [3.8, 4) is 0 Å². The first-order chi connectivity index (χ1) is 13.8. The second-order valence-electron chi connectivity index (χ2n) is 7.94. The molecule has 9 nitrogen and oxygen atoms in total. The number of aromatic amines is 1. The summed E-state index contributed by atoms with van der Waals surface area (Å²) in [6.45, 7) is 3.74. The molecule has 0 bridgehead atoms. The first-order valence-electron chi connectivity index (χ1n) is 9.90. The number of amides is 1. The summed E-state index contributed by atoms with van der Waals surface area (Å²) >= 11 is 0. The molecule has 9 heteroatoms. The summed E-state index contributed by atoms with van der Waals surface area (Å²) in [5.74, 6) is 0.765. The molecule has 160 valence electrons. The Morgan fingerprint density at radius 3 is 2.69 bits per heavy atom. The van der Waals surface area contributed by atoms with E-state index in [1.165, 1.54) is 0 Å². The molecule has 0 unspecified atom stereocenters. The maximum Gasteiger partial charge on any atom is 0.224 e. The normalized spacial score (nSPS) is 27.5. The van der Waals surface area contributed by atoms with E-state index >= 15 is 0 Å². The van der Waals surface area contributed by atoms with E-state index < -0.39 is 37.1 Å². The molecule has 1 amide bonds. The maximum atomic E-state index is 12.1. The van der Waals surface area contributed by atoms with E-state index in [1.807, 2.05) is 0 Å². The number of carbonyl (C=O) groups is 1. The highest BCUT2D eigenvalue weighted by Crippen LogP contribution is 2.32. The number of aromatic nitrogens is 2. The van der Waals surface area contributed by atoms with Gasteiger partial charge in [-0.2, -0.15) is 0 Å². The van der Waals surface area contributed by atoms with Gasteiger partial charge in [0, 0.05) is 12.1 Å². The minimum atomic E-state index is -1.47. The summed E-state index contributed by atoms with van der Waals surface area (Å²) in [5, 5.41) is 42.3. The topological polar surface area (TPSA) is 148 Å². The van der Waals surface area contributed by atoms with Crippen molar-refractivity contribution < 1.29 is 30.0 Å². The number of ether oxygens (including phenoxy) is 1. The molecule has 1 aliphatic rings. The van der Waals surface area contributed by atoms with E-state index in [-0.39, 0.29) is 11.7 Å². The number of rotatable bonds is 7. The molecule has 2 heterocycles. The van der Waals surface area contributed by atoms with Crippen LogP contribution in [0.3, 0.4) is 0 Å². The molecule has 1 aromatic heterocycles. The lowest BCUT2D eigenvalue weighted by Gasteiger charge is -2.39. The zero-order valence-electron chi connectivity index (χ0n) is 16.6. The Labute approximate surface area is 168 Å². The highest BCUT2D eigenvalue weighted by molar-refractivity contribution is 5.93. The fourth-order valence-corrected chi connectivity index (χ4v) is 3.46. The number of imidazole rings is 1. The van der Waals surface area contributed by atoms with Crippen LogP contribution in [0.2, 0.25) is 0 Å². The van der Waals surface area contributed by atoms with Crippen LogP contribution in [0.25, 0.3) is 11.0 Å². The fraction of sp³-hybridized carbons (Fsp3) is 0.600. The van der Waals surface area contributed by atoms with Gasteiger partial charge in [-0.15, -0.1) is 0 Å². The minimum Gasteiger partial charge on any atom is -0.394 e. The number of aliphatic hydroxyl groups excluding tert-OH is 4. The van der Waals surface area contributed by atoms with Crippen molar-refractivity contribution in [1.29, 1.82) is 0 Å². The van der Waals surface area contributed by atoms with Gasteiger partial charge < -0.3 is 35.5 Å². The Balaban J connectivity index is 1.73. The largest absolute Gasteiger partial charge is 0.394 e. The number of fused-ring (bicyclic) bond motifs is 1. The smallest absolute Gasteiger partial charge is 0.224 e. The van der Waals surface area contributed by atoms with Gasteiger partial charge in [0.05, 0.1) is 17.6 Å². The summed E-state index contributed by atoms with van der Waals surface area (Å²) in [7, 11) is 0. The summed E-state index contributed by atoms with van der Waals surface area (Å²) in [6, 6.07) is 5.19. The average Bonchev–Trinajstić information content (AvgIpc) is 3.09. The Morgan fingerprint density at radius 1 is 1.24 bits per heavy atom. The molecular weight excluding hydrogens is 378 g/mol. The maximum absolute atomic E-state index is 12.1. The van der Waals surface area contributed by atoms with Crippen molar-refractivity contribution in [1.82, 2.24) is 9.97 Å². The second-order valence-corrected chi connectivity index (χ2v) is 7.94. The standard InChI is InChI=1S/C20H29N3O6/c1-10(2)4-3-5-15(25)21-11-6-7-12-13(8-11)23-20(22-12)19-18(28)17(27)16(26)14(9-24)29-19/h6-8,10,14,16-19,24,26-28H,3-5,9H2,1-2H3,(H,21,25)(H,22,23)/t14-,16-,17+,18-,19-/m1/s1.